The molecular formula is C19H22N6O. The first-order valence-corrected chi connectivity index (χ1v) is 8.06. The molecule has 2 aromatic heterocycles. The highest BCUT2D eigenvalue weighted by molar-refractivity contribution is 5.37. The molecule has 0 saturated heterocycles. The summed E-state index contributed by atoms with van der Waals surface area (Å²) in [5.74, 6) is 1.21. The van der Waals surface area contributed by atoms with Crippen molar-refractivity contribution in [2.24, 2.45) is 22.0 Å². The van der Waals surface area contributed by atoms with E-state index >= 15 is 0 Å². The second kappa shape index (κ2) is 9.73. The fourth-order valence-electron chi connectivity index (χ4n) is 1.84. The molecule has 3 N–H and O–H groups in total. The van der Waals surface area contributed by atoms with Gasteiger partial charge in [-0.25, -0.2) is 4.98 Å². The minimum Gasteiger partial charge on any atom is -0.437 e. The first-order chi connectivity index (χ1) is 12.6. The Morgan fingerprint density at radius 1 is 1.31 bits per heavy atom. The van der Waals surface area contributed by atoms with E-state index in [1.54, 1.807) is 30.6 Å². The molecule has 0 radical (unpaired) electrons. The van der Waals surface area contributed by atoms with Crippen LogP contribution in [0.15, 0.2) is 83.7 Å². The largest absolute Gasteiger partial charge is 0.437 e. The Bertz CT molecular complexity index is 811. The van der Waals surface area contributed by atoms with Gasteiger partial charge in [0.2, 0.25) is 5.88 Å². The van der Waals surface area contributed by atoms with Crippen LogP contribution in [-0.2, 0) is 0 Å². The Balaban J connectivity index is 1.89. The molecule has 134 valence electrons. The molecule has 2 aromatic rings. The molecule has 0 spiro atoms. The summed E-state index contributed by atoms with van der Waals surface area (Å²) in [6.07, 6.45) is 10.3. The summed E-state index contributed by atoms with van der Waals surface area (Å²) in [5.41, 5.74) is 10.2. The highest BCUT2D eigenvalue weighted by Gasteiger charge is 2.03. The van der Waals surface area contributed by atoms with Gasteiger partial charge in [-0.15, -0.1) is 5.11 Å². The average Bonchev–Trinajstić information content (AvgIpc) is 2.65. The van der Waals surface area contributed by atoms with Crippen molar-refractivity contribution in [1.82, 2.24) is 15.4 Å². The van der Waals surface area contributed by atoms with Crippen molar-refractivity contribution in [2.75, 3.05) is 0 Å². The third-order valence-electron chi connectivity index (χ3n) is 3.42. The molecule has 7 heteroatoms. The zero-order valence-electron chi connectivity index (χ0n) is 14.8. The minimum absolute atomic E-state index is 0.0850. The van der Waals surface area contributed by atoms with Gasteiger partial charge < -0.3 is 10.5 Å². The zero-order chi connectivity index (χ0) is 18.8. The van der Waals surface area contributed by atoms with Crippen LogP contribution in [0.2, 0.25) is 0 Å². The average molecular weight is 350 g/mol. The monoisotopic (exact) mass is 350 g/mol. The predicted molar refractivity (Wildman–Crippen MR) is 102 cm³/mol. The number of hydrogen-bond acceptors (Lipinski definition) is 6. The van der Waals surface area contributed by atoms with E-state index < -0.39 is 0 Å². The number of nitrogens with zero attached hydrogens (tertiary/aromatic N) is 4. The van der Waals surface area contributed by atoms with Crippen molar-refractivity contribution in [3.63, 3.8) is 0 Å². The smallest absolute Gasteiger partial charge is 0.219 e. The molecule has 0 aliphatic heterocycles. The number of allylic oxidation sites excluding steroid dienone is 3. The van der Waals surface area contributed by atoms with E-state index in [0.29, 0.717) is 17.3 Å². The molecule has 2 heterocycles. The molecular weight excluding hydrogens is 328 g/mol. The molecule has 0 saturated carbocycles. The van der Waals surface area contributed by atoms with Gasteiger partial charge in [0.15, 0.2) is 5.75 Å². The Labute approximate surface area is 153 Å². The molecule has 2 rings (SSSR count). The first kappa shape index (κ1) is 18.9. The number of rotatable bonds is 8. The van der Waals surface area contributed by atoms with Crippen LogP contribution in [0.1, 0.15) is 12.6 Å². The molecule has 0 aliphatic carbocycles. The zero-order valence-corrected chi connectivity index (χ0v) is 14.8. The lowest BCUT2D eigenvalue weighted by molar-refractivity contribution is 0.456. The summed E-state index contributed by atoms with van der Waals surface area (Å²) >= 11 is 0. The molecule has 1 atom stereocenters. The number of hydrogen-bond donors (Lipinski definition) is 2. The molecule has 7 nitrogen and oxygen atoms in total. The van der Waals surface area contributed by atoms with Crippen LogP contribution in [0.3, 0.4) is 0 Å². The third kappa shape index (κ3) is 5.86. The maximum Gasteiger partial charge on any atom is 0.219 e. The van der Waals surface area contributed by atoms with Crippen molar-refractivity contribution in [3.8, 4) is 11.6 Å². The quantitative estimate of drug-likeness (QED) is 0.419. The molecule has 0 bridgehead atoms. The van der Waals surface area contributed by atoms with Crippen LogP contribution >= 0.6 is 0 Å². The van der Waals surface area contributed by atoms with E-state index in [1.807, 2.05) is 38.1 Å². The predicted octanol–water partition coefficient (Wildman–Crippen LogP) is 4.34. The van der Waals surface area contributed by atoms with Gasteiger partial charge in [0.1, 0.15) is 5.69 Å². The van der Waals surface area contributed by atoms with E-state index in [2.05, 4.69) is 32.3 Å². The van der Waals surface area contributed by atoms with Crippen LogP contribution in [0, 0.1) is 12.8 Å². The first-order valence-electron chi connectivity index (χ1n) is 8.06. The van der Waals surface area contributed by atoms with Gasteiger partial charge in [0, 0.05) is 23.9 Å². The van der Waals surface area contributed by atoms with E-state index in [9.17, 15) is 0 Å². The summed E-state index contributed by atoms with van der Waals surface area (Å²) in [7, 11) is 0. The summed E-state index contributed by atoms with van der Waals surface area (Å²) in [5, 5.41) is 7.98. The van der Waals surface area contributed by atoms with Crippen LogP contribution in [0.4, 0.5) is 5.69 Å². The lowest BCUT2D eigenvalue weighted by Gasteiger charge is -2.08. The topological polar surface area (TPSA) is 97.8 Å². The molecule has 1 unspecified atom stereocenters. The summed E-state index contributed by atoms with van der Waals surface area (Å²) < 4.78 is 5.69. The van der Waals surface area contributed by atoms with Gasteiger partial charge in [-0.3, -0.25) is 10.4 Å². The van der Waals surface area contributed by atoms with Crippen molar-refractivity contribution in [1.29, 1.82) is 0 Å². The lowest BCUT2D eigenvalue weighted by Crippen LogP contribution is -2.09. The van der Waals surface area contributed by atoms with Crippen molar-refractivity contribution in [2.45, 2.75) is 13.8 Å². The normalized spacial score (nSPS) is 12.7. The Hall–Kier alpha value is -3.48. The Kier molecular flexibility index (Phi) is 7.05. The maximum atomic E-state index is 5.69. The Morgan fingerprint density at radius 2 is 2.15 bits per heavy atom. The van der Waals surface area contributed by atoms with Gasteiger partial charge in [0.25, 0.3) is 0 Å². The number of ether oxygens (including phenoxy) is 1. The van der Waals surface area contributed by atoms with Crippen molar-refractivity contribution >= 4 is 5.69 Å². The van der Waals surface area contributed by atoms with E-state index in [-0.39, 0.29) is 5.92 Å². The number of pyridine rings is 2. The van der Waals surface area contributed by atoms with Gasteiger partial charge in [-0.05, 0) is 37.4 Å². The highest BCUT2D eigenvalue weighted by atomic mass is 16.5. The van der Waals surface area contributed by atoms with E-state index in [0.717, 1.165) is 11.4 Å². The van der Waals surface area contributed by atoms with Crippen molar-refractivity contribution in [3.05, 3.63) is 79.1 Å². The Morgan fingerprint density at radius 3 is 2.85 bits per heavy atom. The van der Waals surface area contributed by atoms with Gasteiger partial charge in [-0.2, -0.15) is 0 Å². The van der Waals surface area contributed by atoms with E-state index in [4.69, 9.17) is 10.5 Å². The van der Waals surface area contributed by atoms with Gasteiger partial charge in [-0.1, -0.05) is 30.9 Å². The van der Waals surface area contributed by atoms with Crippen LogP contribution in [-0.4, -0.2) is 9.97 Å². The molecule has 26 heavy (non-hydrogen) atoms. The van der Waals surface area contributed by atoms with Gasteiger partial charge >= 0.3 is 0 Å². The van der Waals surface area contributed by atoms with Crippen LogP contribution < -0.4 is 15.9 Å². The van der Waals surface area contributed by atoms with E-state index in [1.165, 1.54) is 6.20 Å². The standard InChI is InChI=1S/C19H22N6O/c1-14(7-4-5-11-20)15(2)23-25-24-17-9-10-19(22-13-17)26-18-8-6-12-21-16(18)3/h4-14H,2,20H2,1,3H3,(H,23,24)/b7-4-,11-5-. The van der Waals surface area contributed by atoms with Gasteiger partial charge in [0.05, 0.1) is 11.9 Å². The second-order valence-corrected chi connectivity index (χ2v) is 5.44. The summed E-state index contributed by atoms with van der Waals surface area (Å²) in [6, 6.07) is 7.13. The molecule has 0 aromatic carbocycles. The second-order valence-electron chi connectivity index (χ2n) is 5.44. The van der Waals surface area contributed by atoms with Crippen molar-refractivity contribution < 1.29 is 4.74 Å². The maximum absolute atomic E-state index is 5.69. The number of nitrogens with two attached hydrogens (primary N) is 1. The van der Waals surface area contributed by atoms with Crippen LogP contribution in [0.5, 0.6) is 11.6 Å². The fourth-order valence-corrected chi connectivity index (χ4v) is 1.84. The lowest BCUT2D eigenvalue weighted by atomic mass is 10.1. The molecule has 0 fully saturated rings. The number of nitrogens with one attached hydrogen (secondary N) is 1. The number of aryl methyl sites for hydroxylation is 1. The number of aromatic nitrogens is 2. The molecule has 0 aliphatic rings. The SMILES string of the molecule is C=C(NN=Nc1ccc(Oc2cccnc2C)nc1)C(C)/C=C\C=C/N. The summed E-state index contributed by atoms with van der Waals surface area (Å²) in [6.45, 7) is 7.78. The minimum atomic E-state index is 0.0850. The summed E-state index contributed by atoms with van der Waals surface area (Å²) in [4.78, 5) is 8.38. The van der Waals surface area contributed by atoms with Crippen LogP contribution in [0.25, 0.3) is 0 Å². The third-order valence-corrected chi connectivity index (χ3v) is 3.42. The highest BCUT2D eigenvalue weighted by Crippen LogP contribution is 2.23. The molecule has 0 amide bonds. The fraction of sp³-hybridized carbons (Fsp3) is 0.158.